The summed E-state index contributed by atoms with van der Waals surface area (Å²) >= 11 is 2.47. The average Bonchev–Trinajstić information content (AvgIpc) is 2.93. The predicted octanol–water partition coefficient (Wildman–Crippen LogP) is 2.26. The van der Waals surface area contributed by atoms with Gasteiger partial charge in [-0.2, -0.15) is 0 Å². The van der Waals surface area contributed by atoms with E-state index in [-0.39, 0.29) is 23.8 Å². The second-order valence-corrected chi connectivity index (χ2v) is 6.87. The minimum absolute atomic E-state index is 0.180. The largest absolute Gasteiger partial charge is 0.468 e. The van der Waals surface area contributed by atoms with Crippen LogP contribution in [0.2, 0.25) is 0 Å². The molecular formula is C12H18N4O3S2. The molecule has 9 heteroatoms. The van der Waals surface area contributed by atoms with E-state index in [1.807, 2.05) is 0 Å². The van der Waals surface area contributed by atoms with Gasteiger partial charge in [-0.25, -0.2) is 4.79 Å². The Kier molecular flexibility index (Phi) is 6.24. The molecule has 0 bridgehead atoms. The molecule has 2 rings (SSSR count). The van der Waals surface area contributed by atoms with Gasteiger partial charge in [0.2, 0.25) is 5.13 Å². The molecule has 1 aliphatic rings. The van der Waals surface area contributed by atoms with E-state index in [1.165, 1.54) is 36.6 Å². The van der Waals surface area contributed by atoms with E-state index in [1.54, 1.807) is 0 Å². The van der Waals surface area contributed by atoms with Gasteiger partial charge in [-0.3, -0.25) is 10.1 Å². The van der Waals surface area contributed by atoms with Crippen LogP contribution in [0.4, 0.5) is 9.93 Å². The Morgan fingerprint density at radius 1 is 1.33 bits per heavy atom. The van der Waals surface area contributed by atoms with Crippen molar-refractivity contribution in [1.82, 2.24) is 15.5 Å². The maximum absolute atomic E-state index is 11.8. The van der Waals surface area contributed by atoms with E-state index >= 15 is 0 Å². The van der Waals surface area contributed by atoms with Crippen molar-refractivity contribution < 1.29 is 14.3 Å². The first-order valence-corrected chi connectivity index (χ1v) is 8.58. The van der Waals surface area contributed by atoms with Crippen LogP contribution in [0.5, 0.6) is 0 Å². The summed E-state index contributed by atoms with van der Waals surface area (Å²) in [6.07, 6.45) is 5.64. The number of nitrogens with one attached hydrogen (secondary N) is 2. The molecule has 1 saturated carbocycles. The fraction of sp³-hybridized carbons (Fsp3) is 0.667. The highest BCUT2D eigenvalue weighted by Crippen LogP contribution is 2.25. The lowest BCUT2D eigenvalue weighted by Gasteiger charge is -2.22. The van der Waals surface area contributed by atoms with Gasteiger partial charge in [0.15, 0.2) is 4.34 Å². The summed E-state index contributed by atoms with van der Waals surface area (Å²) in [6.45, 7) is 0. The van der Waals surface area contributed by atoms with Crippen LogP contribution in [0.25, 0.3) is 0 Å². The zero-order valence-corrected chi connectivity index (χ0v) is 13.4. The van der Waals surface area contributed by atoms with Crippen molar-refractivity contribution >= 4 is 40.2 Å². The minimum atomic E-state index is -0.320. The van der Waals surface area contributed by atoms with Crippen molar-refractivity contribution in [2.45, 2.75) is 42.5 Å². The number of hydrogen-bond acceptors (Lipinski definition) is 7. The molecule has 0 atom stereocenters. The summed E-state index contributed by atoms with van der Waals surface area (Å²) in [5.41, 5.74) is 0. The molecular weight excluding hydrogens is 312 g/mol. The normalized spacial score (nSPS) is 15.5. The quantitative estimate of drug-likeness (QED) is 0.489. The first-order valence-electron chi connectivity index (χ1n) is 6.78. The Hall–Kier alpha value is -1.35. The average molecular weight is 330 g/mol. The molecule has 1 aromatic rings. The van der Waals surface area contributed by atoms with Crippen LogP contribution in [0, 0.1) is 0 Å². The summed E-state index contributed by atoms with van der Waals surface area (Å²) < 4.78 is 5.16. The summed E-state index contributed by atoms with van der Waals surface area (Å²) in [6, 6.07) is 0.00223. The SMILES string of the molecule is COC(=O)CSc1nnc(NC(=O)NC2CCCCC2)s1. The molecule has 0 spiro atoms. The first-order chi connectivity index (χ1) is 10.2. The van der Waals surface area contributed by atoms with E-state index in [2.05, 4.69) is 25.6 Å². The summed E-state index contributed by atoms with van der Waals surface area (Å²) in [5, 5.41) is 13.8. The number of hydrogen-bond donors (Lipinski definition) is 2. The fourth-order valence-corrected chi connectivity index (χ4v) is 3.64. The number of urea groups is 1. The number of aromatic nitrogens is 2. The van der Waals surface area contributed by atoms with Gasteiger partial charge in [0, 0.05) is 6.04 Å². The van der Waals surface area contributed by atoms with E-state index in [4.69, 9.17) is 0 Å². The van der Waals surface area contributed by atoms with Crippen LogP contribution >= 0.6 is 23.1 Å². The Balaban J connectivity index is 1.75. The monoisotopic (exact) mass is 330 g/mol. The van der Waals surface area contributed by atoms with Gasteiger partial charge in [-0.15, -0.1) is 10.2 Å². The van der Waals surface area contributed by atoms with Crippen molar-refractivity contribution in [3.8, 4) is 0 Å². The lowest BCUT2D eigenvalue weighted by Crippen LogP contribution is -2.38. The summed E-state index contributed by atoms with van der Waals surface area (Å²) in [7, 11) is 1.34. The number of ether oxygens (including phenoxy) is 1. The Morgan fingerprint density at radius 2 is 2.10 bits per heavy atom. The number of anilines is 1. The van der Waals surface area contributed by atoms with Gasteiger partial charge >= 0.3 is 12.0 Å². The standard InChI is InChI=1S/C12H18N4O3S2/c1-19-9(17)7-20-12-16-15-11(21-12)14-10(18)13-8-5-3-2-4-6-8/h8H,2-7H2,1H3,(H2,13,14,15,18). The number of nitrogens with zero attached hydrogens (tertiary/aromatic N) is 2. The molecule has 21 heavy (non-hydrogen) atoms. The van der Waals surface area contributed by atoms with Gasteiger partial charge in [-0.05, 0) is 12.8 Å². The number of rotatable bonds is 5. The van der Waals surface area contributed by atoms with E-state index in [0.29, 0.717) is 9.47 Å². The maximum Gasteiger partial charge on any atom is 0.321 e. The molecule has 0 aromatic carbocycles. The second kappa shape index (κ2) is 8.18. The number of carbonyl (C=O) groups excluding carboxylic acids is 2. The molecule has 0 radical (unpaired) electrons. The van der Waals surface area contributed by atoms with Crippen LogP contribution in [-0.2, 0) is 9.53 Å². The van der Waals surface area contributed by atoms with Crippen LogP contribution < -0.4 is 10.6 Å². The van der Waals surface area contributed by atoms with Crippen LogP contribution in [-0.4, -0.2) is 41.1 Å². The molecule has 0 saturated heterocycles. The highest BCUT2D eigenvalue weighted by molar-refractivity contribution is 8.01. The number of carbonyl (C=O) groups is 2. The molecule has 1 aromatic heterocycles. The molecule has 1 heterocycles. The zero-order chi connectivity index (χ0) is 15.1. The molecule has 1 fully saturated rings. The van der Waals surface area contributed by atoms with Crippen molar-refractivity contribution in [3.63, 3.8) is 0 Å². The number of thioether (sulfide) groups is 1. The smallest absolute Gasteiger partial charge is 0.321 e. The van der Waals surface area contributed by atoms with E-state index in [0.717, 1.165) is 25.7 Å². The number of methoxy groups -OCH3 is 1. The van der Waals surface area contributed by atoms with E-state index < -0.39 is 0 Å². The van der Waals surface area contributed by atoms with Gasteiger partial charge in [0.1, 0.15) is 0 Å². The molecule has 2 N–H and O–H groups in total. The third-order valence-corrected chi connectivity index (χ3v) is 5.05. The lowest BCUT2D eigenvalue weighted by atomic mass is 9.96. The summed E-state index contributed by atoms with van der Waals surface area (Å²) in [5.74, 6) is -0.140. The Labute approximate surface area is 131 Å². The molecule has 1 aliphatic carbocycles. The van der Waals surface area contributed by atoms with Crippen molar-refractivity contribution in [1.29, 1.82) is 0 Å². The van der Waals surface area contributed by atoms with Gasteiger partial charge in [0.05, 0.1) is 12.9 Å². The van der Waals surface area contributed by atoms with Crippen LogP contribution in [0.15, 0.2) is 4.34 Å². The molecule has 116 valence electrons. The lowest BCUT2D eigenvalue weighted by molar-refractivity contribution is -0.137. The van der Waals surface area contributed by atoms with Gasteiger partial charge < -0.3 is 10.1 Å². The first kappa shape index (κ1) is 16.0. The Morgan fingerprint density at radius 3 is 2.81 bits per heavy atom. The maximum atomic E-state index is 11.8. The highest BCUT2D eigenvalue weighted by atomic mass is 32.2. The van der Waals surface area contributed by atoms with Gasteiger partial charge in [0.25, 0.3) is 0 Å². The van der Waals surface area contributed by atoms with Crippen molar-refractivity contribution in [3.05, 3.63) is 0 Å². The Bertz CT molecular complexity index is 489. The third kappa shape index (κ3) is 5.50. The number of amides is 2. The number of esters is 1. The second-order valence-electron chi connectivity index (χ2n) is 4.67. The predicted molar refractivity (Wildman–Crippen MR) is 81.7 cm³/mol. The van der Waals surface area contributed by atoms with Crippen molar-refractivity contribution in [2.75, 3.05) is 18.2 Å². The molecule has 7 nitrogen and oxygen atoms in total. The van der Waals surface area contributed by atoms with Gasteiger partial charge in [-0.1, -0.05) is 42.4 Å². The molecule has 0 unspecified atom stereocenters. The minimum Gasteiger partial charge on any atom is -0.468 e. The van der Waals surface area contributed by atoms with Crippen LogP contribution in [0.3, 0.4) is 0 Å². The highest BCUT2D eigenvalue weighted by Gasteiger charge is 2.16. The third-order valence-electron chi connectivity index (χ3n) is 3.11. The van der Waals surface area contributed by atoms with E-state index in [9.17, 15) is 9.59 Å². The zero-order valence-electron chi connectivity index (χ0n) is 11.8. The molecule has 2 amide bonds. The topological polar surface area (TPSA) is 93.2 Å². The fourth-order valence-electron chi connectivity index (χ4n) is 2.06. The van der Waals surface area contributed by atoms with Crippen LogP contribution in [0.1, 0.15) is 32.1 Å². The molecule has 0 aliphatic heterocycles. The summed E-state index contributed by atoms with van der Waals surface area (Å²) in [4.78, 5) is 22.9. The van der Waals surface area contributed by atoms with Crippen molar-refractivity contribution in [2.24, 2.45) is 0 Å².